The molecule has 1 atom stereocenters. The third kappa shape index (κ3) is 5.93. The van der Waals surface area contributed by atoms with Crippen molar-refractivity contribution in [3.8, 4) is 0 Å². The van der Waals surface area contributed by atoms with Crippen molar-refractivity contribution in [2.75, 3.05) is 5.75 Å². The predicted octanol–water partition coefficient (Wildman–Crippen LogP) is 4.34. The van der Waals surface area contributed by atoms with E-state index in [4.69, 9.17) is 0 Å². The second kappa shape index (κ2) is 7.97. The molecule has 12 heavy (non-hydrogen) atoms. The van der Waals surface area contributed by atoms with Crippen molar-refractivity contribution in [2.45, 2.75) is 58.6 Å². The van der Waals surface area contributed by atoms with Gasteiger partial charge in [0.05, 0.1) is 0 Å². The first kappa shape index (κ1) is 12.3. The van der Waals surface area contributed by atoms with Gasteiger partial charge in [-0.25, -0.2) is 0 Å². The van der Waals surface area contributed by atoms with E-state index in [-0.39, 0.29) is 0 Å². The summed E-state index contributed by atoms with van der Waals surface area (Å²) in [6, 6.07) is 0. The Balaban J connectivity index is 3.28. The Morgan fingerprint density at radius 1 is 1.00 bits per heavy atom. The summed E-state index contributed by atoms with van der Waals surface area (Å²) >= 11 is 2.14. The average Bonchev–Trinajstić information content (AvgIpc) is 2.12. The summed E-state index contributed by atoms with van der Waals surface area (Å²) in [5.41, 5.74) is 0. The fraction of sp³-hybridized carbons (Fsp3) is 1.00. The summed E-state index contributed by atoms with van der Waals surface area (Å²) in [5, 5.41) is 0.861. The van der Waals surface area contributed by atoms with Gasteiger partial charge in [-0.3, -0.25) is 0 Å². The summed E-state index contributed by atoms with van der Waals surface area (Å²) in [6.07, 6.45) is 5.45. The maximum absolute atomic E-state index is 2.33. The SMILES string of the molecule is CCC(CC)CCS[C@H](C)CC. The molecule has 0 rings (SSSR count). The number of thioether (sulfide) groups is 1. The van der Waals surface area contributed by atoms with Gasteiger partial charge < -0.3 is 0 Å². The molecule has 0 bridgehead atoms. The molecular formula is C11H24S. The minimum Gasteiger partial charge on any atom is -0.159 e. The fourth-order valence-corrected chi connectivity index (χ4v) is 2.36. The van der Waals surface area contributed by atoms with Crippen molar-refractivity contribution in [1.29, 1.82) is 0 Å². The van der Waals surface area contributed by atoms with Crippen molar-refractivity contribution < 1.29 is 0 Å². The molecule has 0 N–H and O–H groups in total. The highest BCUT2D eigenvalue weighted by atomic mass is 32.2. The normalized spacial score (nSPS) is 13.8. The van der Waals surface area contributed by atoms with Gasteiger partial charge in [0.15, 0.2) is 0 Å². The topological polar surface area (TPSA) is 0 Å². The highest BCUT2D eigenvalue weighted by molar-refractivity contribution is 7.99. The summed E-state index contributed by atoms with van der Waals surface area (Å²) < 4.78 is 0. The largest absolute Gasteiger partial charge is 0.159 e. The lowest BCUT2D eigenvalue weighted by Gasteiger charge is -2.13. The third-order valence-corrected chi connectivity index (χ3v) is 4.03. The van der Waals surface area contributed by atoms with Crippen LogP contribution in [-0.4, -0.2) is 11.0 Å². The van der Waals surface area contributed by atoms with Crippen molar-refractivity contribution in [3.05, 3.63) is 0 Å². The van der Waals surface area contributed by atoms with Crippen LogP contribution in [0.4, 0.5) is 0 Å². The first-order valence-corrected chi connectivity index (χ1v) is 6.40. The van der Waals surface area contributed by atoms with E-state index in [0.29, 0.717) is 0 Å². The van der Waals surface area contributed by atoms with Gasteiger partial charge >= 0.3 is 0 Å². The van der Waals surface area contributed by atoms with Gasteiger partial charge in [0, 0.05) is 5.25 Å². The summed E-state index contributed by atoms with van der Waals surface area (Å²) in [5.74, 6) is 2.34. The van der Waals surface area contributed by atoms with Crippen LogP contribution >= 0.6 is 11.8 Å². The second-order valence-electron chi connectivity index (χ2n) is 3.56. The quantitative estimate of drug-likeness (QED) is 0.572. The van der Waals surface area contributed by atoms with Crippen molar-refractivity contribution in [1.82, 2.24) is 0 Å². The van der Waals surface area contributed by atoms with Crippen molar-refractivity contribution in [2.24, 2.45) is 5.92 Å². The maximum atomic E-state index is 2.33. The van der Waals surface area contributed by atoms with Crippen molar-refractivity contribution >= 4 is 11.8 Å². The van der Waals surface area contributed by atoms with Gasteiger partial charge in [0.1, 0.15) is 0 Å². The second-order valence-corrected chi connectivity index (χ2v) is 5.11. The molecule has 0 aliphatic carbocycles. The average molecular weight is 188 g/mol. The molecule has 74 valence electrons. The Morgan fingerprint density at radius 2 is 1.58 bits per heavy atom. The maximum Gasteiger partial charge on any atom is 0.00160 e. The van der Waals surface area contributed by atoms with Gasteiger partial charge in [0.2, 0.25) is 0 Å². The van der Waals surface area contributed by atoms with E-state index in [2.05, 4.69) is 39.5 Å². The van der Waals surface area contributed by atoms with E-state index in [0.717, 1.165) is 11.2 Å². The standard InChI is InChI=1S/C11H24S/c1-5-10(4)12-9-8-11(6-2)7-3/h10-11H,5-9H2,1-4H3/t10-/m1/s1. The highest BCUT2D eigenvalue weighted by Crippen LogP contribution is 2.20. The number of rotatable bonds is 7. The molecule has 0 saturated carbocycles. The minimum absolute atomic E-state index is 0.861. The summed E-state index contributed by atoms with van der Waals surface area (Å²) in [6.45, 7) is 9.22. The zero-order chi connectivity index (χ0) is 9.40. The van der Waals surface area contributed by atoms with Gasteiger partial charge in [-0.2, -0.15) is 11.8 Å². The zero-order valence-electron chi connectivity index (χ0n) is 9.10. The van der Waals surface area contributed by atoms with E-state index in [1.807, 2.05) is 0 Å². The molecule has 0 aromatic heterocycles. The molecule has 0 fully saturated rings. The van der Waals surface area contributed by atoms with Crippen LogP contribution in [0.15, 0.2) is 0 Å². The predicted molar refractivity (Wildman–Crippen MR) is 60.9 cm³/mol. The molecule has 0 saturated heterocycles. The first-order valence-electron chi connectivity index (χ1n) is 5.36. The molecule has 0 aliphatic rings. The molecule has 0 unspecified atom stereocenters. The first-order chi connectivity index (χ1) is 5.74. The molecule has 0 radical (unpaired) electrons. The van der Waals surface area contributed by atoms with Crippen LogP contribution in [0.2, 0.25) is 0 Å². The Hall–Kier alpha value is 0.350. The van der Waals surface area contributed by atoms with Gasteiger partial charge in [-0.05, 0) is 24.5 Å². The van der Waals surface area contributed by atoms with Gasteiger partial charge in [-0.15, -0.1) is 0 Å². The van der Waals surface area contributed by atoms with Crippen LogP contribution in [0.1, 0.15) is 53.4 Å². The number of hydrogen-bond acceptors (Lipinski definition) is 1. The van der Waals surface area contributed by atoms with E-state index in [9.17, 15) is 0 Å². The lowest BCUT2D eigenvalue weighted by molar-refractivity contribution is 0.481. The van der Waals surface area contributed by atoms with E-state index in [1.165, 1.54) is 31.4 Å². The Bertz CT molecular complexity index is 87.0. The van der Waals surface area contributed by atoms with Crippen LogP contribution in [0.25, 0.3) is 0 Å². The molecule has 0 nitrogen and oxygen atoms in total. The van der Waals surface area contributed by atoms with Crippen LogP contribution in [0.3, 0.4) is 0 Å². The van der Waals surface area contributed by atoms with Crippen LogP contribution in [-0.2, 0) is 0 Å². The van der Waals surface area contributed by atoms with E-state index >= 15 is 0 Å². The minimum atomic E-state index is 0.861. The Labute approximate surface area is 82.5 Å². The molecule has 1 heteroatoms. The summed E-state index contributed by atoms with van der Waals surface area (Å²) in [4.78, 5) is 0. The molecular weight excluding hydrogens is 164 g/mol. The zero-order valence-corrected chi connectivity index (χ0v) is 9.91. The Kier molecular flexibility index (Phi) is 8.20. The monoisotopic (exact) mass is 188 g/mol. The van der Waals surface area contributed by atoms with E-state index < -0.39 is 0 Å². The van der Waals surface area contributed by atoms with Crippen LogP contribution < -0.4 is 0 Å². The van der Waals surface area contributed by atoms with Gasteiger partial charge in [-0.1, -0.05) is 40.5 Å². The van der Waals surface area contributed by atoms with Gasteiger partial charge in [0.25, 0.3) is 0 Å². The lowest BCUT2D eigenvalue weighted by Crippen LogP contribution is -2.01. The third-order valence-electron chi connectivity index (χ3n) is 2.66. The fourth-order valence-electron chi connectivity index (χ4n) is 1.25. The number of hydrogen-bond donors (Lipinski definition) is 0. The highest BCUT2D eigenvalue weighted by Gasteiger charge is 2.04. The smallest absolute Gasteiger partial charge is 0.00160 e. The Morgan fingerprint density at radius 3 is 2.00 bits per heavy atom. The molecule has 0 amide bonds. The molecule has 0 spiro atoms. The van der Waals surface area contributed by atoms with Crippen molar-refractivity contribution in [3.63, 3.8) is 0 Å². The molecule has 0 aliphatic heterocycles. The molecule has 0 aromatic carbocycles. The lowest BCUT2D eigenvalue weighted by atomic mass is 10.0. The molecule has 0 heterocycles. The molecule has 0 aromatic rings. The van der Waals surface area contributed by atoms with Crippen LogP contribution in [0, 0.1) is 5.92 Å². The summed E-state index contributed by atoms with van der Waals surface area (Å²) in [7, 11) is 0. The van der Waals surface area contributed by atoms with Crippen LogP contribution in [0.5, 0.6) is 0 Å². The van der Waals surface area contributed by atoms with E-state index in [1.54, 1.807) is 0 Å².